The lowest BCUT2D eigenvalue weighted by molar-refractivity contribution is -0.122. The zero-order valence-corrected chi connectivity index (χ0v) is 15.2. The van der Waals surface area contributed by atoms with Crippen molar-refractivity contribution in [1.82, 2.24) is 0 Å². The van der Waals surface area contributed by atoms with Crippen LogP contribution in [0.15, 0.2) is 42.5 Å². The summed E-state index contributed by atoms with van der Waals surface area (Å²) in [6.07, 6.45) is 0.0603. The molecule has 0 spiro atoms. The Labute approximate surface area is 160 Å². The van der Waals surface area contributed by atoms with E-state index in [1.165, 1.54) is 30.0 Å². The molecule has 8 heteroatoms. The number of carbonyl (C=O) groups excluding carboxylic acids is 3. The third-order valence-corrected chi connectivity index (χ3v) is 4.47. The highest BCUT2D eigenvalue weighted by molar-refractivity contribution is 6.31. The summed E-state index contributed by atoms with van der Waals surface area (Å²) in [5.74, 6) is -1.79. The molecule has 2 aromatic carbocycles. The number of hydrogen-bond acceptors (Lipinski definition) is 3. The van der Waals surface area contributed by atoms with Crippen molar-refractivity contribution in [3.63, 3.8) is 0 Å². The molecule has 0 aliphatic carbocycles. The molecular weight excluding hydrogens is 373 g/mol. The molecule has 1 heterocycles. The summed E-state index contributed by atoms with van der Waals surface area (Å²) in [7, 11) is 0. The molecule has 1 saturated heterocycles. The number of anilines is 3. The molecule has 0 saturated carbocycles. The lowest BCUT2D eigenvalue weighted by Crippen LogP contribution is -2.28. The molecule has 0 aromatic heterocycles. The van der Waals surface area contributed by atoms with Crippen LogP contribution in [0.4, 0.5) is 21.5 Å². The molecule has 6 nitrogen and oxygen atoms in total. The second-order valence-electron chi connectivity index (χ2n) is 6.25. The van der Waals surface area contributed by atoms with Crippen LogP contribution >= 0.6 is 11.6 Å². The van der Waals surface area contributed by atoms with Crippen molar-refractivity contribution < 1.29 is 18.8 Å². The fourth-order valence-corrected chi connectivity index (χ4v) is 3.04. The van der Waals surface area contributed by atoms with Gasteiger partial charge in [-0.2, -0.15) is 0 Å². The highest BCUT2D eigenvalue weighted by Crippen LogP contribution is 2.29. The van der Waals surface area contributed by atoms with Gasteiger partial charge in [0.15, 0.2) is 0 Å². The van der Waals surface area contributed by atoms with Gasteiger partial charge in [0.2, 0.25) is 17.7 Å². The predicted molar refractivity (Wildman–Crippen MR) is 101 cm³/mol. The van der Waals surface area contributed by atoms with E-state index in [-0.39, 0.29) is 35.7 Å². The van der Waals surface area contributed by atoms with Gasteiger partial charge in [0, 0.05) is 37.0 Å². The third-order valence-electron chi connectivity index (χ3n) is 4.18. The van der Waals surface area contributed by atoms with Crippen LogP contribution in [0.25, 0.3) is 0 Å². The van der Waals surface area contributed by atoms with E-state index in [4.69, 9.17) is 11.6 Å². The Balaban J connectivity index is 1.65. The summed E-state index contributed by atoms with van der Waals surface area (Å²) in [6, 6.07) is 10.7. The van der Waals surface area contributed by atoms with Crippen molar-refractivity contribution in [3.05, 3.63) is 53.3 Å². The van der Waals surface area contributed by atoms with Crippen LogP contribution in [0, 0.1) is 11.7 Å². The van der Waals surface area contributed by atoms with Crippen molar-refractivity contribution in [3.8, 4) is 0 Å². The highest BCUT2D eigenvalue weighted by Gasteiger charge is 2.35. The van der Waals surface area contributed by atoms with Gasteiger partial charge in [-0.15, -0.1) is 0 Å². The van der Waals surface area contributed by atoms with Gasteiger partial charge in [-0.05, 0) is 42.5 Å². The molecule has 2 aromatic rings. The zero-order valence-electron chi connectivity index (χ0n) is 14.5. The number of carbonyl (C=O) groups is 3. The van der Waals surface area contributed by atoms with E-state index in [0.29, 0.717) is 17.1 Å². The Hall–Kier alpha value is -2.93. The fourth-order valence-electron chi connectivity index (χ4n) is 2.87. The number of halogens is 2. The average molecular weight is 390 g/mol. The van der Waals surface area contributed by atoms with Crippen LogP contribution in [0.1, 0.15) is 13.3 Å². The maximum atomic E-state index is 13.3. The van der Waals surface area contributed by atoms with Crippen molar-refractivity contribution in [2.45, 2.75) is 13.3 Å². The number of amides is 3. The van der Waals surface area contributed by atoms with E-state index < -0.39 is 11.7 Å². The van der Waals surface area contributed by atoms with E-state index in [1.807, 2.05) is 0 Å². The van der Waals surface area contributed by atoms with Crippen molar-refractivity contribution in [2.24, 2.45) is 5.92 Å². The van der Waals surface area contributed by atoms with Gasteiger partial charge in [-0.25, -0.2) is 4.39 Å². The predicted octanol–water partition coefficient (Wildman–Crippen LogP) is 3.43. The minimum absolute atomic E-state index is 0.0603. The van der Waals surface area contributed by atoms with Crippen LogP contribution in [-0.4, -0.2) is 24.3 Å². The van der Waals surface area contributed by atoms with Gasteiger partial charge in [-0.1, -0.05) is 11.6 Å². The lowest BCUT2D eigenvalue weighted by atomic mass is 10.1. The third kappa shape index (κ3) is 4.43. The second-order valence-corrected chi connectivity index (χ2v) is 6.66. The maximum Gasteiger partial charge on any atom is 0.229 e. The monoisotopic (exact) mass is 389 g/mol. The Morgan fingerprint density at radius 2 is 1.74 bits per heavy atom. The Kier molecular flexibility index (Phi) is 5.41. The van der Waals surface area contributed by atoms with E-state index >= 15 is 0 Å². The largest absolute Gasteiger partial charge is 0.326 e. The SMILES string of the molecule is CC(=O)Nc1ccc(NC(=O)C2CC(=O)N(c3ccc(F)c(Cl)c3)C2)cc1. The molecule has 0 radical (unpaired) electrons. The van der Waals surface area contributed by atoms with Crippen molar-refractivity contribution in [2.75, 3.05) is 22.1 Å². The summed E-state index contributed by atoms with van der Waals surface area (Å²) >= 11 is 5.77. The quantitative estimate of drug-likeness (QED) is 0.840. The average Bonchev–Trinajstić information content (AvgIpc) is 3.00. The molecule has 1 aliphatic heterocycles. The van der Waals surface area contributed by atoms with Gasteiger partial charge < -0.3 is 15.5 Å². The number of hydrogen-bond donors (Lipinski definition) is 2. The smallest absolute Gasteiger partial charge is 0.229 e. The van der Waals surface area contributed by atoms with Crippen LogP contribution in [0.3, 0.4) is 0 Å². The number of nitrogens with one attached hydrogen (secondary N) is 2. The number of rotatable bonds is 4. The van der Waals surface area contributed by atoms with E-state index in [0.717, 1.165) is 0 Å². The van der Waals surface area contributed by atoms with Crippen LogP contribution in [0.5, 0.6) is 0 Å². The molecule has 140 valence electrons. The normalized spacial score (nSPS) is 16.3. The number of nitrogens with zero attached hydrogens (tertiary/aromatic N) is 1. The van der Waals surface area contributed by atoms with Gasteiger partial charge in [0.25, 0.3) is 0 Å². The molecule has 1 aliphatic rings. The van der Waals surface area contributed by atoms with Crippen LogP contribution in [0.2, 0.25) is 5.02 Å². The Bertz CT molecular complexity index is 902. The van der Waals surface area contributed by atoms with Gasteiger partial charge in [-0.3, -0.25) is 14.4 Å². The minimum Gasteiger partial charge on any atom is -0.326 e. The molecule has 2 N–H and O–H groups in total. The first-order valence-corrected chi connectivity index (χ1v) is 8.65. The molecular formula is C19H17ClFN3O3. The van der Waals surface area contributed by atoms with E-state index in [1.54, 1.807) is 24.3 Å². The van der Waals surface area contributed by atoms with Gasteiger partial charge in [0.1, 0.15) is 5.82 Å². The first-order valence-electron chi connectivity index (χ1n) is 8.27. The molecule has 27 heavy (non-hydrogen) atoms. The zero-order chi connectivity index (χ0) is 19.6. The van der Waals surface area contributed by atoms with Crippen LogP contribution < -0.4 is 15.5 Å². The fraction of sp³-hybridized carbons (Fsp3) is 0.211. The summed E-state index contributed by atoms with van der Waals surface area (Å²) in [4.78, 5) is 37.2. The molecule has 1 fully saturated rings. The Morgan fingerprint density at radius 1 is 1.11 bits per heavy atom. The lowest BCUT2D eigenvalue weighted by Gasteiger charge is -2.17. The first-order chi connectivity index (χ1) is 12.8. The highest BCUT2D eigenvalue weighted by atomic mass is 35.5. The maximum absolute atomic E-state index is 13.3. The van der Waals surface area contributed by atoms with Crippen molar-refractivity contribution in [1.29, 1.82) is 0 Å². The molecule has 0 bridgehead atoms. The van der Waals surface area contributed by atoms with Gasteiger partial charge >= 0.3 is 0 Å². The summed E-state index contributed by atoms with van der Waals surface area (Å²) in [5.41, 5.74) is 1.64. The molecule has 3 rings (SSSR count). The van der Waals surface area contributed by atoms with Crippen molar-refractivity contribution >= 4 is 46.4 Å². The van der Waals surface area contributed by atoms with Gasteiger partial charge in [0.05, 0.1) is 10.9 Å². The van der Waals surface area contributed by atoms with E-state index in [2.05, 4.69) is 10.6 Å². The summed E-state index contributed by atoms with van der Waals surface area (Å²) in [6.45, 7) is 1.60. The first kappa shape index (κ1) is 18.8. The van der Waals surface area contributed by atoms with Crippen LogP contribution in [-0.2, 0) is 14.4 Å². The molecule has 1 unspecified atom stereocenters. The summed E-state index contributed by atoms with van der Waals surface area (Å²) in [5, 5.41) is 5.32. The summed E-state index contributed by atoms with van der Waals surface area (Å²) < 4.78 is 13.3. The molecule has 3 amide bonds. The number of benzene rings is 2. The van der Waals surface area contributed by atoms with E-state index in [9.17, 15) is 18.8 Å². The topological polar surface area (TPSA) is 78.5 Å². The Morgan fingerprint density at radius 3 is 2.33 bits per heavy atom. The molecule has 1 atom stereocenters. The minimum atomic E-state index is -0.566. The standard InChI is InChI=1S/C19H17ClFN3O3/c1-11(25)22-13-2-4-14(5-3-13)23-19(27)12-8-18(26)24(10-12)15-6-7-17(21)16(20)9-15/h2-7,9,12H,8,10H2,1H3,(H,22,25)(H,23,27). The second kappa shape index (κ2) is 7.75.